The Hall–Kier alpha value is -2.14. The van der Waals surface area contributed by atoms with Gasteiger partial charge in [0, 0.05) is 35.6 Å². The Morgan fingerprint density at radius 1 is 1.29 bits per heavy atom. The number of benzene rings is 1. The Morgan fingerprint density at radius 3 is 2.79 bits per heavy atom. The molecule has 1 aromatic heterocycles. The van der Waals surface area contributed by atoms with Crippen LogP contribution in [0.15, 0.2) is 41.8 Å². The predicted molar refractivity (Wildman–Crippen MR) is 97.9 cm³/mol. The first-order valence-electron chi connectivity index (χ1n) is 8.26. The first-order valence-corrected chi connectivity index (χ1v) is 9.14. The van der Waals surface area contributed by atoms with Gasteiger partial charge in [0.05, 0.1) is 5.92 Å². The number of anilines is 1. The van der Waals surface area contributed by atoms with Crippen LogP contribution in [0.1, 0.15) is 20.3 Å². The molecule has 0 saturated carbocycles. The average Bonchev–Trinajstić information content (AvgIpc) is 3.18. The lowest BCUT2D eigenvalue weighted by molar-refractivity contribution is -0.128. The van der Waals surface area contributed by atoms with Crippen molar-refractivity contribution in [1.29, 1.82) is 0 Å². The van der Waals surface area contributed by atoms with Gasteiger partial charge in [0.25, 0.3) is 0 Å². The average molecular weight is 342 g/mol. The number of likely N-dealkylation sites (tertiary alicyclic amines) is 1. The van der Waals surface area contributed by atoms with Crippen LogP contribution in [0.4, 0.5) is 5.69 Å². The van der Waals surface area contributed by atoms with Crippen LogP contribution < -0.4 is 5.32 Å². The topological polar surface area (TPSA) is 49.4 Å². The maximum atomic E-state index is 12.6. The van der Waals surface area contributed by atoms with Crippen molar-refractivity contribution in [3.05, 3.63) is 41.8 Å². The van der Waals surface area contributed by atoms with Crippen LogP contribution in [0.5, 0.6) is 0 Å². The SMILES string of the molecule is CC(C)CN1C[C@H](C(=O)Nc2ccccc2-c2cccs2)CC1=O. The zero-order chi connectivity index (χ0) is 17.1. The van der Waals surface area contributed by atoms with Gasteiger partial charge in [0.1, 0.15) is 0 Å². The summed E-state index contributed by atoms with van der Waals surface area (Å²) in [5, 5.41) is 5.05. The molecule has 24 heavy (non-hydrogen) atoms. The summed E-state index contributed by atoms with van der Waals surface area (Å²) in [6.45, 7) is 5.40. The van der Waals surface area contributed by atoms with Crippen molar-refractivity contribution in [2.45, 2.75) is 20.3 Å². The smallest absolute Gasteiger partial charge is 0.229 e. The number of nitrogens with one attached hydrogen (secondary N) is 1. The molecule has 5 heteroatoms. The zero-order valence-corrected chi connectivity index (χ0v) is 14.8. The molecule has 2 aromatic rings. The molecule has 1 fully saturated rings. The van der Waals surface area contributed by atoms with E-state index in [-0.39, 0.29) is 17.7 Å². The number of hydrogen-bond donors (Lipinski definition) is 1. The van der Waals surface area contributed by atoms with Gasteiger partial charge >= 0.3 is 0 Å². The molecule has 1 aliphatic heterocycles. The molecule has 1 aromatic carbocycles. The Balaban J connectivity index is 1.71. The minimum atomic E-state index is -0.271. The van der Waals surface area contributed by atoms with Crippen molar-refractivity contribution in [3.63, 3.8) is 0 Å². The third kappa shape index (κ3) is 3.67. The fraction of sp³-hybridized carbons (Fsp3) is 0.368. The molecule has 1 N–H and O–H groups in total. The summed E-state index contributed by atoms with van der Waals surface area (Å²) < 4.78 is 0. The molecule has 0 aliphatic carbocycles. The molecule has 126 valence electrons. The van der Waals surface area contributed by atoms with E-state index >= 15 is 0 Å². The summed E-state index contributed by atoms with van der Waals surface area (Å²) in [5.41, 5.74) is 1.82. The van der Waals surface area contributed by atoms with E-state index in [0.29, 0.717) is 25.4 Å². The van der Waals surface area contributed by atoms with E-state index in [1.54, 1.807) is 16.2 Å². The van der Waals surface area contributed by atoms with E-state index < -0.39 is 0 Å². The molecule has 3 rings (SSSR count). The number of carbonyl (C=O) groups is 2. The molecule has 1 atom stereocenters. The fourth-order valence-corrected chi connectivity index (χ4v) is 3.80. The summed E-state index contributed by atoms with van der Waals surface area (Å²) in [7, 11) is 0. The van der Waals surface area contributed by atoms with Gasteiger partial charge in [-0.1, -0.05) is 38.1 Å². The third-order valence-electron chi connectivity index (χ3n) is 4.14. The summed E-state index contributed by atoms with van der Waals surface area (Å²) in [6.07, 6.45) is 0.305. The van der Waals surface area contributed by atoms with Gasteiger partial charge in [-0.3, -0.25) is 9.59 Å². The van der Waals surface area contributed by atoms with E-state index in [1.807, 2.05) is 41.8 Å². The highest BCUT2D eigenvalue weighted by molar-refractivity contribution is 7.13. The molecule has 0 bridgehead atoms. The summed E-state index contributed by atoms with van der Waals surface area (Å²) in [4.78, 5) is 27.6. The van der Waals surface area contributed by atoms with Gasteiger partial charge < -0.3 is 10.2 Å². The second kappa shape index (κ2) is 7.18. The van der Waals surface area contributed by atoms with Gasteiger partial charge in [-0.25, -0.2) is 0 Å². The van der Waals surface area contributed by atoms with E-state index in [9.17, 15) is 9.59 Å². The molecular formula is C19H22N2O2S. The number of hydrogen-bond acceptors (Lipinski definition) is 3. The monoisotopic (exact) mass is 342 g/mol. The highest BCUT2D eigenvalue weighted by atomic mass is 32.1. The van der Waals surface area contributed by atoms with Crippen LogP contribution in [0, 0.1) is 11.8 Å². The lowest BCUT2D eigenvalue weighted by atomic mass is 10.1. The lowest BCUT2D eigenvalue weighted by Gasteiger charge is -2.19. The quantitative estimate of drug-likeness (QED) is 0.897. The van der Waals surface area contributed by atoms with E-state index in [2.05, 4.69) is 19.2 Å². The molecule has 2 amide bonds. The van der Waals surface area contributed by atoms with Gasteiger partial charge in [-0.2, -0.15) is 0 Å². The van der Waals surface area contributed by atoms with Crippen molar-refractivity contribution in [2.24, 2.45) is 11.8 Å². The Morgan fingerprint density at radius 2 is 2.08 bits per heavy atom. The molecule has 0 spiro atoms. The van der Waals surface area contributed by atoms with Crippen LogP contribution in [0.25, 0.3) is 10.4 Å². The fourth-order valence-electron chi connectivity index (χ4n) is 3.04. The summed E-state index contributed by atoms with van der Waals surface area (Å²) in [5.74, 6) is 0.150. The maximum Gasteiger partial charge on any atom is 0.229 e. The van der Waals surface area contributed by atoms with Gasteiger partial charge in [-0.15, -0.1) is 11.3 Å². The van der Waals surface area contributed by atoms with E-state index in [1.165, 1.54) is 0 Å². The normalized spacial score (nSPS) is 17.5. The van der Waals surface area contributed by atoms with Crippen LogP contribution in [0.2, 0.25) is 0 Å². The van der Waals surface area contributed by atoms with Crippen LogP contribution >= 0.6 is 11.3 Å². The second-order valence-electron chi connectivity index (χ2n) is 6.61. The Labute approximate surface area is 146 Å². The molecular weight excluding hydrogens is 320 g/mol. The van der Waals surface area contributed by atoms with Gasteiger partial charge in [0.15, 0.2) is 0 Å². The summed E-state index contributed by atoms with van der Waals surface area (Å²) in [6, 6.07) is 11.8. The van der Waals surface area contributed by atoms with Crippen LogP contribution in [0.3, 0.4) is 0 Å². The maximum absolute atomic E-state index is 12.6. The number of para-hydroxylation sites is 1. The number of amides is 2. The molecule has 0 unspecified atom stereocenters. The highest BCUT2D eigenvalue weighted by Crippen LogP contribution is 2.32. The lowest BCUT2D eigenvalue weighted by Crippen LogP contribution is -2.31. The summed E-state index contributed by atoms with van der Waals surface area (Å²) >= 11 is 1.64. The number of nitrogens with zero attached hydrogens (tertiary/aromatic N) is 1. The number of thiophene rings is 1. The Kier molecular flexibility index (Phi) is 5.00. The van der Waals surface area contributed by atoms with E-state index in [0.717, 1.165) is 16.1 Å². The largest absolute Gasteiger partial charge is 0.342 e. The predicted octanol–water partition coefficient (Wildman–Crippen LogP) is 3.86. The van der Waals surface area contributed by atoms with Crippen LogP contribution in [-0.2, 0) is 9.59 Å². The van der Waals surface area contributed by atoms with Crippen molar-refractivity contribution < 1.29 is 9.59 Å². The van der Waals surface area contributed by atoms with Crippen molar-refractivity contribution in [1.82, 2.24) is 4.90 Å². The van der Waals surface area contributed by atoms with Crippen LogP contribution in [-0.4, -0.2) is 29.8 Å². The molecule has 4 nitrogen and oxygen atoms in total. The molecule has 1 saturated heterocycles. The first kappa shape index (κ1) is 16.7. The minimum absolute atomic E-state index is 0.0707. The first-order chi connectivity index (χ1) is 11.5. The van der Waals surface area contributed by atoms with E-state index in [4.69, 9.17) is 0 Å². The highest BCUT2D eigenvalue weighted by Gasteiger charge is 2.34. The molecule has 0 radical (unpaired) electrons. The standard InChI is InChI=1S/C19H22N2O2S/c1-13(2)11-21-12-14(10-18(21)22)19(23)20-16-7-4-3-6-15(16)17-8-5-9-24-17/h3-9,13-14H,10-12H2,1-2H3,(H,20,23)/t14-/m1/s1. The minimum Gasteiger partial charge on any atom is -0.342 e. The van der Waals surface area contributed by atoms with Crippen molar-refractivity contribution in [2.75, 3.05) is 18.4 Å². The van der Waals surface area contributed by atoms with Gasteiger partial charge in [0.2, 0.25) is 11.8 Å². The van der Waals surface area contributed by atoms with Crippen molar-refractivity contribution >= 4 is 28.8 Å². The second-order valence-corrected chi connectivity index (χ2v) is 7.55. The molecule has 1 aliphatic rings. The third-order valence-corrected chi connectivity index (χ3v) is 5.05. The Bertz CT molecular complexity index is 725. The molecule has 2 heterocycles. The number of carbonyl (C=O) groups excluding carboxylic acids is 2. The number of rotatable bonds is 5. The zero-order valence-electron chi connectivity index (χ0n) is 14.0. The van der Waals surface area contributed by atoms with Crippen molar-refractivity contribution in [3.8, 4) is 10.4 Å². The van der Waals surface area contributed by atoms with Gasteiger partial charge in [-0.05, 0) is 23.4 Å².